The van der Waals surface area contributed by atoms with Crippen molar-refractivity contribution in [3.63, 3.8) is 0 Å². The first kappa shape index (κ1) is 34.1. The van der Waals surface area contributed by atoms with Crippen LogP contribution in [-0.4, -0.2) is 54.7 Å². The van der Waals surface area contributed by atoms with Crippen molar-refractivity contribution in [1.82, 2.24) is 9.88 Å². The molecule has 1 amide bonds. The minimum atomic E-state index is -4.82. The molecular formula is C34H36F5N3O5. The fourth-order valence-corrected chi connectivity index (χ4v) is 6.22. The van der Waals surface area contributed by atoms with E-state index in [1.807, 2.05) is 6.92 Å². The number of hydrogen-bond acceptors (Lipinski definition) is 6. The number of aryl methyl sites for hydroxylation is 1. The van der Waals surface area contributed by atoms with E-state index in [0.717, 1.165) is 22.8 Å². The Morgan fingerprint density at radius 3 is 2.45 bits per heavy atom. The van der Waals surface area contributed by atoms with E-state index in [4.69, 9.17) is 9.47 Å². The minimum absolute atomic E-state index is 0.00507. The summed E-state index contributed by atoms with van der Waals surface area (Å²) in [4.78, 5) is 41.3. The molecule has 252 valence electrons. The van der Waals surface area contributed by atoms with Crippen molar-refractivity contribution in [2.45, 2.75) is 64.7 Å². The van der Waals surface area contributed by atoms with E-state index in [-0.39, 0.29) is 48.2 Å². The second-order valence-electron chi connectivity index (χ2n) is 11.9. The molecule has 3 heterocycles. The fourth-order valence-electron chi connectivity index (χ4n) is 6.22. The highest BCUT2D eigenvalue weighted by atomic mass is 19.4. The molecule has 5 rings (SSSR count). The van der Waals surface area contributed by atoms with E-state index < -0.39 is 57.8 Å². The van der Waals surface area contributed by atoms with Gasteiger partial charge in [-0.05, 0) is 56.0 Å². The summed E-state index contributed by atoms with van der Waals surface area (Å²) in [5.41, 5.74) is -1.97. The van der Waals surface area contributed by atoms with Gasteiger partial charge in [-0.15, -0.1) is 0 Å². The number of anilines is 1. The van der Waals surface area contributed by atoms with Gasteiger partial charge in [0.2, 0.25) is 0 Å². The van der Waals surface area contributed by atoms with Crippen molar-refractivity contribution in [1.29, 1.82) is 0 Å². The summed E-state index contributed by atoms with van der Waals surface area (Å²) in [7, 11) is 1.38. The molecule has 2 aromatic carbocycles. The Bertz CT molecular complexity index is 1750. The van der Waals surface area contributed by atoms with Crippen molar-refractivity contribution < 1.29 is 41.0 Å². The van der Waals surface area contributed by atoms with Crippen LogP contribution in [0.5, 0.6) is 5.75 Å². The number of pyridine rings is 1. The third-order valence-electron chi connectivity index (χ3n) is 8.84. The molecule has 0 radical (unpaired) electrons. The Kier molecular flexibility index (Phi) is 9.76. The van der Waals surface area contributed by atoms with Gasteiger partial charge >= 0.3 is 6.18 Å². The molecule has 2 aliphatic heterocycles. The Morgan fingerprint density at radius 1 is 1.11 bits per heavy atom. The van der Waals surface area contributed by atoms with Gasteiger partial charge < -0.3 is 24.3 Å². The molecule has 13 heteroatoms. The van der Waals surface area contributed by atoms with Crippen LogP contribution in [0.1, 0.15) is 59.4 Å². The summed E-state index contributed by atoms with van der Waals surface area (Å²) in [6.07, 6.45) is -4.05. The van der Waals surface area contributed by atoms with Crippen molar-refractivity contribution in [2.24, 2.45) is 7.05 Å². The van der Waals surface area contributed by atoms with Crippen molar-refractivity contribution in [2.75, 3.05) is 31.3 Å². The largest absolute Gasteiger partial charge is 0.493 e. The first-order chi connectivity index (χ1) is 22.2. The maximum Gasteiger partial charge on any atom is 0.417 e. The molecule has 2 atom stereocenters. The molecule has 0 unspecified atom stereocenters. The number of rotatable bonds is 8. The van der Waals surface area contributed by atoms with Gasteiger partial charge in [0.15, 0.2) is 5.78 Å². The fraction of sp³-hybridized carbons (Fsp3) is 0.441. The minimum Gasteiger partial charge on any atom is -0.493 e. The first-order valence-electron chi connectivity index (χ1n) is 15.5. The monoisotopic (exact) mass is 661 g/mol. The number of nitrogens with zero attached hydrogens (tertiary/aromatic N) is 2. The van der Waals surface area contributed by atoms with E-state index >= 15 is 8.78 Å². The lowest BCUT2D eigenvalue weighted by Gasteiger charge is -2.35. The molecular weight excluding hydrogens is 625 g/mol. The standard InChI is InChI=1S/C34H36F5N3O5/c1-5-28(43)27(40-32(44)30-25(35)15-21(16-26(30)36)42-10-12-46-17-19(42)3)14-20-8-9-23(31-22(20)7-6-11-47-31)29-24(34(37,38)39)13-18(2)41(4)33(29)45/h8-9,13,15-16,19,27H,5-7,10-12,14,17H2,1-4H3,(H,40,44)/t19-,27-/m0/s1. The quantitative estimate of drug-likeness (QED) is 0.320. The number of hydrogen-bond donors (Lipinski definition) is 1. The highest BCUT2D eigenvalue weighted by Gasteiger charge is 2.38. The van der Waals surface area contributed by atoms with Gasteiger partial charge in [-0.25, -0.2) is 8.78 Å². The molecule has 0 aliphatic carbocycles. The highest BCUT2D eigenvalue weighted by Crippen LogP contribution is 2.43. The van der Waals surface area contributed by atoms with Crippen LogP contribution in [0.2, 0.25) is 0 Å². The van der Waals surface area contributed by atoms with Gasteiger partial charge in [-0.2, -0.15) is 13.2 Å². The predicted octanol–water partition coefficient (Wildman–Crippen LogP) is 5.53. The molecule has 0 bridgehead atoms. The van der Waals surface area contributed by atoms with Crippen LogP contribution < -0.4 is 20.5 Å². The molecule has 2 aliphatic rings. The summed E-state index contributed by atoms with van der Waals surface area (Å²) in [5.74, 6) is -3.62. The molecule has 3 aromatic rings. The molecule has 1 saturated heterocycles. The summed E-state index contributed by atoms with van der Waals surface area (Å²) >= 11 is 0. The van der Waals surface area contributed by atoms with Gasteiger partial charge in [0.05, 0.1) is 37.0 Å². The van der Waals surface area contributed by atoms with Gasteiger partial charge in [0.25, 0.3) is 11.5 Å². The van der Waals surface area contributed by atoms with E-state index in [1.54, 1.807) is 11.8 Å². The number of halogens is 5. The third-order valence-corrected chi connectivity index (χ3v) is 8.84. The topological polar surface area (TPSA) is 89.9 Å². The Morgan fingerprint density at radius 2 is 1.81 bits per heavy atom. The molecule has 47 heavy (non-hydrogen) atoms. The van der Waals surface area contributed by atoms with E-state index in [0.29, 0.717) is 43.7 Å². The second kappa shape index (κ2) is 13.5. The molecule has 1 N–H and O–H groups in total. The zero-order valence-corrected chi connectivity index (χ0v) is 26.5. The SMILES string of the molecule is CCC(=O)[C@H](Cc1ccc(-c2c(C(F)(F)F)cc(C)n(C)c2=O)c2c1CCCO2)NC(=O)c1c(F)cc(N2CCOC[C@@H]2C)cc1F. The number of ketones is 1. The van der Waals surface area contributed by atoms with Gasteiger partial charge in [0, 0.05) is 49.4 Å². The van der Waals surface area contributed by atoms with E-state index in [9.17, 15) is 27.6 Å². The average molecular weight is 662 g/mol. The lowest BCUT2D eigenvalue weighted by Crippen LogP contribution is -2.44. The van der Waals surface area contributed by atoms with Crippen molar-refractivity contribution >= 4 is 17.4 Å². The molecule has 1 aromatic heterocycles. The molecule has 8 nitrogen and oxygen atoms in total. The summed E-state index contributed by atoms with van der Waals surface area (Å²) in [6.45, 7) is 6.22. The normalized spacial score (nSPS) is 17.1. The lowest BCUT2D eigenvalue weighted by atomic mass is 9.88. The number of ether oxygens (including phenoxy) is 2. The molecule has 1 fully saturated rings. The third kappa shape index (κ3) is 6.76. The van der Waals surface area contributed by atoms with Crippen LogP contribution in [0.4, 0.5) is 27.6 Å². The predicted molar refractivity (Wildman–Crippen MR) is 165 cm³/mol. The number of Topliss-reactive ketones (excluding diaryl/α,β-unsaturated/α-hetero) is 1. The van der Waals surface area contributed by atoms with Crippen LogP contribution >= 0.6 is 0 Å². The molecule has 0 saturated carbocycles. The second-order valence-corrected chi connectivity index (χ2v) is 11.9. The smallest absolute Gasteiger partial charge is 0.417 e. The van der Waals surface area contributed by atoms with Crippen molar-refractivity contribution in [3.8, 4) is 16.9 Å². The highest BCUT2D eigenvalue weighted by molar-refractivity contribution is 5.98. The number of benzene rings is 2. The number of fused-ring (bicyclic) bond motifs is 1. The van der Waals surface area contributed by atoms with Crippen molar-refractivity contribution in [3.05, 3.63) is 80.3 Å². The number of carbonyl (C=O) groups excluding carboxylic acids is 2. The Labute approximate surface area is 268 Å². The first-order valence-corrected chi connectivity index (χ1v) is 15.5. The number of alkyl halides is 3. The zero-order chi connectivity index (χ0) is 34.2. The van der Waals surface area contributed by atoms with Gasteiger partial charge in [-0.3, -0.25) is 14.4 Å². The van der Waals surface area contributed by atoms with Crippen LogP contribution in [0, 0.1) is 18.6 Å². The number of amides is 1. The summed E-state index contributed by atoms with van der Waals surface area (Å²) in [5, 5.41) is 2.48. The maximum absolute atomic E-state index is 15.3. The summed E-state index contributed by atoms with van der Waals surface area (Å²) in [6, 6.07) is 4.58. The Hall–Kier alpha value is -4.26. The zero-order valence-electron chi connectivity index (χ0n) is 26.5. The van der Waals surface area contributed by atoms with Crippen LogP contribution in [0.3, 0.4) is 0 Å². The molecule has 0 spiro atoms. The Balaban J connectivity index is 1.49. The van der Waals surface area contributed by atoms with Crippen LogP contribution in [0.25, 0.3) is 11.1 Å². The number of morpholine rings is 1. The van der Waals surface area contributed by atoms with E-state index in [1.165, 1.54) is 26.1 Å². The van der Waals surface area contributed by atoms with E-state index in [2.05, 4.69) is 5.32 Å². The maximum atomic E-state index is 15.3. The number of aromatic nitrogens is 1. The summed E-state index contributed by atoms with van der Waals surface area (Å²) < 4.78 is 85.4. The number of carbonyl (C=O) groups is 2. The van der Waals surface area contributed by atoms with Crippen LogP contribution in [0.15, 0.2) is 35.1 Å². The van der Waals surface area contributed by atoms with Gasteiger partial charge in [0.1, 0.15) is 22.9 Å². The average Bonchev–Trinajstić information content (AvgIpc) is 3.02. The number of nitrogens with one attached hydrogen (secondary N) is 1. The van der Waals surface area contributed by atoms with Crippen LogP contribution in [-0.2, 0) is 35.6 Å². The lowest BCUT2D eigenvalue weighted by molar-refractivity contribution is -0.137. The van der Waals surface area contributed by atoms with Gasteiger partial charge in [-0.1, -0.05) is 19.1 Å².